The third-order valence-electron chi connectivity index (χ3n) is 15.1. The van der Waals surface area contributed by atoms with Crippen molar-refractivity contribution in [1.82, 2.24) is 0 Å². The molecular formula is C58H42O4. The number of carbonyl (C=O) groups is 2. The first-order valence-electron chi connectivity index (χ1n) is 21.4. The van der Waals surface area contributed by atoms with E-state index in [2.05, 4.69) is 146 Å². The highest BCUT2D eigenvalue weighted by Gasteiger charge is 2.55. The van der Waals surface area contributed by atoms with Crippen LogP contribution in [0.4, 0.5) is 0 Å². The summed E-state index contributed by atoms with van der Waals surface area (Å²) < 4.78 is 0. The average Bonchev–Trinajstić information content (AvgIpc) is 3.97. The third-order valence-corrected chi connectivity index (χ3v) is 15.1. The molecule has 0 radical (unpaired) electrons. The molecule has 8 aromatic rings. The van der Waals surface area contributed by atoms with E-state index in [0.29, 0.717) is 22.3 Å². The molecule has 62 heavy (non-hydrogen) atoms. The van der Waals surface area contributed by atoms with Gasteiger partial charge in [-0.1, -0.05) is 158 Å². The van der Waals surface area contributed by atoms with Gasteiger partial charge in [-0.3, -0.25) is 9.59 Å². The van der Waals surface area contributed by atoms with Gasteiger partial charge < -0.3 is 10.2 Å². The van der Waals surface area contributed by atoms with Gasteiger partial charge >= 0.3 is 0 Å². The molecule has 0 amide bonds. The van der Waals surface area contributed by atoms with Crippen LogP contribution in [-0.2, 0) is 22.0 Å². The maximum atomic E-state index is 13.1. The molecule has 4 atom stereocenters. The molecule has 4 aliphatic rings. The highest BCUT2D eigenvalue weighted by molar-refractivity contribution is 6.01. The standard InChI is InChI=1S/C58H42O4/c1-33(59)35-21-25-43-39-13-5-9-17-47(39)57(51(43)29-35)49-19-11-7-15-41(49)45-27-23-37(31-53(45)57)55(3,61)56(4,62)38-24-28-46-42-16-8-12-20-50(42)58(54(46)32-38)48-18-10-6-14-40(48)44-26-22-36(34(2)60)30-52(44)58/h5-32,61-62H,1-4H3. The van der Waals surface area contributed by atoms with Gasteiger partial charge in [-0.15, -0.1) is 0 Å². The van der Waals surface area contributed by atoms with Crippen molar-refractivity contribution >= 4 is 11.6 Å². The molecule has 0 bridgehead atoms. The molecule has 0 aliphatic heterocycles. The summed E-state index contributed by atoms with van der Waals surface area (Å²) >= 11 is 0. The number of hydrogen-bond donors (Lipinski definition) is 2. The smallest absolute Gasteiger partial charge is 0.159 e. The lowest BCUT2D eigenvalue weighted by Crippen LogP contribution is -2.45. The Hall–Kier alpha value is -6.98. The van der Waals surface area contributed by atoms with Crippen LogP contribution < -0.4 is 0 Å². The van der Waals surface area contributed by atoms with Gasteiger partial charge in [0.25, 0.3) is 0 Å². The van der Waals surface area contributed by atoms with E-state index in [-0.39, 0.29) is 11.6 Å². The van der Waals surface area contributed by atoms with Crippen molar-refractivity contribution in [3.8, 4) is 44.5 Å². The van der Waals surface area contributed by atoms with Crippen LogP contribution in [-0.4, -0.2) is 21.8 Å². The molecular weight excluding hydrogens is 761 g/mol. The molecule has 4 heteroatoms. The Morgan fingerprint density at radius 1 is 0.355 bits per heavy atom. The Bertz CT molecular complexity index is 3080. The lowest BCUT2D eigenvalue weighted by atomic mass is 9.67. The molecule has 0 fully saturated rings. The summed E-state index contributed by atoms with van der Waals surface area (Å²) in [6.07, 6.45) is 0. The summed E-state index contributed by atoms with van der Waals surface area (Å²) in [7, 11) is 0. The summed E-state index contributed by atoms with van der Waals surface area (Å²) in [6, 6.07) is 58.3. The normalized spacial score (nSPS) is 19.6. The molecule has 0 saturated carbocycles. The van der Waals surface area contributed by atoms with Crippen LogP contribution in [0.25, 0.3) is 44.5 Å². The second kappa shape index (κ2) is 12.3. The third kappa shape index (κ3) is 4.33. The first kappa shape index (κ1) is 36.8. The number of aliphatic hydroxyl groups is 2. The van der Waals surface area contributed by atoms with Crippen LogP contribution >= 0.6 is 0 Å². The number of fused-ring (bicyclic) bond motifs is 20. The van der Waals surface area contributed by atoms with Crippen LogP contribution in [0.1, 0.15) is 104 Å². The number of hydrogen-bond acceptors (Lipinski definition) is 4. The predicted octanol–water partition coefficient (Wildman–Crippen LogP) is 11.9. The zero-order chi connectivity index (χ0) is 42.5. The maximum Gasteiger partial charge on any atom is 0.159 e. The van der Waals surface area contributed by atoms with Gasteiger partial charge in [0.05, 0.1) is 10.8 Å². The lowest BCUT2D eigenvalue weighted by Gasteiger charge is -2.41. The van der Waals surface area contributed by atoms with Gasteiger partial charge in [-0.25, -0.2) is 0 Å². The molecule has 12 rings (SSSR count). The molecule has 0 heterocycles. The van der Waals surface area contributed by atoms with Crippen molar-refractivity contribution in [3.63, 3.8) is 0 Å². The fourth-order valence-electron chi connectivity index (χ4n) is 11.9. The largest absolute Gasteiger partial charge is 0.382 e. The molecule has 0 saturated heterocycles. The van der Waals surface area contributed by atoms with Gasteiger partial charge in [0.2, 0.25) is 0 Å². The number of benzene rings is 8. The monoisotopic (exact) mass is 802 g/mol. The molecule has 4 nitrogen and oxygen atoms in total. The predicted molar refractivity (Wildman–Crippen MR) is 245 cm³/mol. The number of rotatable bonds is 5. The number of ketones is 2. The van der Waals surface area contributed by atoms with Crippen LogP contribution in [0.15, 0.2) is 170 Å². The molecule has 4 aliphatic carbocycles. The van der Waals surface area contributed by atoms with Crippen LogP contribution in [0.3, 0.4) is 0 Å². The molecule has 0 aromatic heterocycles. The molecule has 2 spiro atoms. The Morgan fingerprint density at radius 3 is 0.919 bits per heavy atom. The lowest BCUT2D eigenvalue weighted by molar-refractivity contribution is -0.143. The van der Waals surface area contributed by atoms with Crippen molar-refractivity contribution in [2.24, 2.45) is 0 Å². The summed E-state index contributed by atoms with van der Waals surface area (Å²) in [4.78, 5) is 25.9. The summed E-state index contributed by atoms with van der Waals surface area (Å²) in [5.74, 6) is 0.00229. The fraction of sp³-hybridized carbons (Fsp3) is 0.138. The SMILES string of the molecule is CC(=O)c1ccc2c(c1)C1(c3ccccc3-2)c2ccccc2-c2ccc(C(C)(O)C(C)(O)c3ccc4c(c3)C3(c5ccccc5-c5ccc(C(C)=O)cc53)c3ccccc3-4)cc21. The first-order chi connectivity index (χ1) is 29.9. The van der Waals surface area contributed by atoms with Crippen LogP contribution in [0, 0.1) is 0 Å². The van der Waals surface area contributed by atoms with Crippen molar-refractivity contribution in [3.05, 3.63) is 237 Å². The Morgan fingerprint density at radius 2 is 0.613 bits per heavy atom. The number of Topliss-reactive ketones (excluding diaryl/α,β-unsaturated/α-hetero) is 2. The summed E-state index contributed by atoms with van der Waals surface area (Å²) in [5, 5.41) is 26.2. The van der Waals surface area contributed by atoms with Crippen molar-refractivity contribution in [2.45, 2.75) is 49.7 Å². The van der Waals surface area contributed by atoms with Crippen molar-refractivity contribution in [1.29, 1.82) is 0 Å². The van der Waals surface area contributed by atoms with E-state index in [0.717, 1.165) is 89.0 Å². The van der Waals surface area contributed by atoms with Crippen molar-refractivity contribution < 1.29 is 19.8 Å². The summed E-state index contributed by atoms with van der Waals surface area (Å²) in [6.45, 7) is 6.64. The van der Waals surface area contributed by atoms with E-state index < -0.39 is 22.0 Å². The van der Waals surface area contributed by atoms with E-state index >= 15 is 0 Å². The van der Waals surface area contributed by atoms with Gasteiger partial charge in [-0.2, -0.15) is 0 Å². The average molecular weight is 803 g/mol. The van der Waals surface area contributed by atoms with Crippen molar-refractivity contribution in [2.75, 3.05) is 0 Å². The molecule has 4 unspecified atom stereocenters. The second-order valence-electron chi connectivity index (χ2n) is 18.0. The maximum absolute atomic E-state index is 13.1. The van der Waals surface area contributed by atoms with Gasteiger partial charge in [0.15, 0.2) is 11.6 Å². The highest BCUT2D eigenvalue weighted by Crippen LogP contribution is 2.65. The number of carbonyl (C=O) groups excluding carboxylic acids is 2. The topological polar surface area (TPSA) is 74.6 Å². The quantitative estimate of drug-likeness (QED) is 0.170. The second-order valence-corrected chi connectivity index (χ2v) is 18.0. The minimum absolute atomic E-state index is 0.00115. The first-order valence-corrected chi connectivity index (χ1v) is 21.4. The van der Waals surface area contributed by atoms with Gasteiger partial charge in [0.1, 0.15) is 11.2 Å². The Kier molecular flexibility index (Phi) is 7.32. The molecule has 298 valence electrons. The van der Waals surface area contributed by atoms with E-state index in [1.165, 1.54) is 0 Å². The van der Waals surface area contributed by atoms with E-state index in [1.807, 2.05) is 24.3 Å². The highest BCUT2D eigenvalue weighted by atomic mass is 16.4. The minimum Gasteiger partial charge on any atom is -0.382 e. The van der Waals surface area contributed by atoms with Gasteiger partial charge in [0, 0.05) is 11.1 Å². The minimum atomic E-state index is -1.79. The Labute approximate surface area is 360 Å². The van der Waals surface area contributed by atoms with Crippen LogP contribution in [0.2, 0.25) is 0 Å². The summed E-state index contributed by atoms with van der Waals surface area (Å²) in [5.41, 5.74) is 14.6. The van der Waals surface area contributed by atoms with Crippen LogP contribution in [0.5, 0.6) is 0 Å². The fourth-order valence-corrected chi connectivity index (χ4v) is 11.9. The van der Waals surface area contributed by atoms with E-state index in [9.17, 15) is 19.8 Å². The van der Waals surface area contributed by atoms with E-state index in [1.54, 1.807) is 27.7 Å². The Balaban J connectivity index is 1.06. The molecule has 2 N–H and O–H groups in total. The molecule has 8 aromatic carbocycles. The van der Waals surface area contributed by atoms with E-state index in [4.69, 9.17) is 0 Å². The zero-order valence-electron chi connectivity index (χ0n) is 34.9. The zero-order valence-corrected chi connectivity index (χ0v) is 34.9. The van der Waals surface area contributed by atoms with Gasteiger partial charge in [-0.05, 0) is 140 Å².